The number of benzene rings is 1. The Morgan fingerprint density at radius 2 is 2.19 bits per heavy atom. The number of aliphatic hydroxyl groups is 1. The van der Waals surface area contributed by atoms with Crippen molar-refractivity contribution in [3.63, 3.8) is 0 Å². The maximum atomic E-state index is 9.13. The van der Waals surface area contributed by atoms with Gasteiger partial charge in [-0.25, -0.2) is 0 Å². The van der Waals surface area contributed by atoms with Crippen LogP contribution in [0.1, 0.15) is 12.6 Å². The van der Waals surface area contributed by atoms with E-state index in [2.05, 4.69) is 33.0 Å². The molecule has 0 saturated carbocycles. The molecule has 4 N–H and O–H groups in total. The van der Waals surface area contributed by atoms with Gasteiger partial charge >= 0.3 is 0 Å². The zero-order chi connectivity index (χ0) is 11.8. The molecule has 1 atom stereocenters. The molecule has 0 radical (unpaired) electrons. The molecule has 2 rings (SSSR count). The van der Waals surface area contributed by atoms with Crippen LogP contribution < -0.4 is 5.73 Å². The fourth-order valence-electron chi connectivity index (χ4n) is 1.75. The van der Waals surface area contributed by atoms with E-state index in [1.165, 1.54) is 0 Å². The number of aliphatic hydroxyl groups excluding tert-OH is 1. The second-order valence-corrected chi connectivity index (χ2v) is 5.43. The Labute approximate surface area is 103 Å². The van der Waals surface area contributed by atoms with Gasteiger partial charge in [0.25, 0.3) is 0 Å². The number of nitrogens with two attached hydrogens (primary N) is 1. The minimum atomic E-state index is -0.571. The molecule has 3 nitrogen and oxygen atoms in total. The summed E-state index contributed by atoms with van der Waals surface area (Å²) in [5.41, 5.74) is 7.49. The van der Waals surface area contributed by atoms with E-state index in [1.807, 2.05) is 19.1 Å². The van der Waals surface area contributed by atoms with E-state index < -0.39 is 5.54 Å². The molecule has 0 fully saturated rings. The maximum Gasteiger partial charge on any atom is 0.0612 e. The minimum Gasteiger partial charge on any atom is -0.394 e. The van der Waals surface area contributed by atoms with Crippen molar-refractivity contribution in [1.82, 2.24) is 4.98 Å². The summed E-state index contributed by atoms with van der Waals surface area (Å²) in [6.45, 7) is 1.82. The molecular weight excluding hydrogens is 268 g/mol. The van der Waals surface area contributed by atoms with Crippen molar-refractivity contribution in [2.75, 3.05) is 6.61 Å². The van der Waals surface area contributed by atoms with Gasteiger partial charge in [-0.05, 0) is 31.2 Å². The second kappa shape index (κ2) is 4.20. The van der Waals surface area contributed by atoms with E-state index in [0.29, 0.717) is 6.42 Å². The van der Waals surface area contributed by atoms with E-state index in [1.54, 1.807) is 0 Å². The van der Waals surface area contributed by atoms with Gasteiger partial charge in [0.05, 0.1) is 6.61 Å². The Hall–Kier alpha value is -0.840. The third kappa shape index (κ3) is 2.45. The number of nitrogens with one attached hydrogen (secondary N) is 1. The Bertz CT molecular complexity index is 505. The molecule has 4 heteroatoms. The number of halogens is 1. The SMILES string of the molecule is CC(N)(CO)Cc1cc2cc(Br)ccc2[nH]1. The maximum absolute atomic E-state index is 9.13. The van der Waals surface area contributed by atoms with Crippen molar-refractivity contribution in [2.45, 2.75) is 18.9 Å². The monoisotopic (exact) mass is 282 g/mol. The van der Waals surface area contributed by atoms with E-state index in [9.17, 15) is 0 Å². The van der Waals surface area contributed by atoms with Crippen LogP contribution in [0.25, 0.3) is 10.9 Å². The number of aromatic nitrogens is 1. The van der Waals surface area contributed by atoms with Gasteiger partial charge in [-0.1, -0.05) is 15.9 Å². The van der Waals surface area contributed by atoms with Crippen LogP contribution in [0.5, 0.6) is 0 Å². The first kappa shape index (κ1) is 11.6. The number of hydrogen-bond donors (Lipinski definition) is 3. The predicted molar refractivity (Wildman–Crippen MR) is 69.4 cm³/mol. The molecule has 0 aliphatic carbocycles. The number of hydrogen-bond acceptors (Lipinski definition) is 2. The summed E-state index contributed by atoms with van der Waals surface area (Å²) in [6.07, 6.45) is 0.635. The Morgan fingerprint density at radius 1 is 1.44 bits per heavy atom. The molecule has 2 aromatic rings. The van der Waals surface area contributed by atoms with Crippen LogP contribution in [0.2, 0.25) is 0 Å². The molecule has 0 bridgehead atoms. The number of rotatable bonds is 3. The van der Waals surface area contributed by atoms with Gasteiger partial charge in [-0.3, -0.25) is 0 Å². The minimum absolute atomic E-state index is 0.0218. The van der Waals surface area contributed by atoms with Crippen LogP contribution in [0.15, 0.2) is 28.7 Å². The topological polar surface area (TPSA) is 62.0 Å². The number of H-pyrrole nitrogens is 1. The van der Waals surface area contributed by atoms with Gasteiger partial charge < -0.3 is 15.8 Å². The van der Waals surface area contributed by atoms with Gasteiger partial charge in [0.2, 0.25) is 0 Å². The van der Waals surface area contributed by atoms with E-state index >= 15 is 0 Å². The summed E-state index contributed by atoms with van der Waals surface area (Å²) in [4.78, 5) is 3.30. The summed E-state index contributed by atoms with van der Waals surface area (Å²) in [5, 5.41) is 10.3. The highest BCUT2D eigenvalue weighted by atomic mass is 79.9. The fraction of sp³-hybridized carbons (Fsp3) is 0.333. The van der Waals surface area contributed by atoms with Crippen LogP contribution in [-0.4, -0.2) is 22.2 Å². The van der Waals surface area contributed by atoms with Crippen molar-refractivity contribution in [2.24, 2.45) is 5.73 Å². The first-order valence-corrected chi connectivity index (χ1v) is 5.96. The lowest BCUT2D eigenvalue weighted by Crippen LogP contribution is -2.42. The van der Waals surface area contributed by atoms with Crippen molar-refractivity contribution in [3.05, 3.63) is 34.4 Å². The molecule has 1 aromatic carbocycles. The Morgan fingerprint density at radius 3 is 2.88 bits per heavy atom. The lowest BCUT2D eigenvalue weighted by atomic mass is 9.98. The van der Waals surface area contributed by atoms with Crippen molar-refractivity contribution in [3.8, 4) is 0 Å². The smallest absolute Gasteiger partial charge is 0.0612 e. The zero-order valence-electron chi connectivity index (χ0n) is 9.13. The molecule has 1 aromatic heterocycles. The fourth-order valence-corrected chi connectivity index (χ4v) is 2.13. The lowest BCUT2D eigenvalue weighted by molar-refractivity contribution is 0.207. The van der Waals surface area contributed by atoms with Crippen LogP contribution in [0, 0.1) is 0 Å². The summed E-state index contributed by atoms with van der Waals surface area (Å²) in [5.74, 6) is 0. The highest BCUT2D eigenvalue weighted by Gasteiger charge is 2.18. The number of aromatic amines is 1. The first-order chi connectivity index (χ1) is 7.50. The highest BCUT2D eigenvalue weighted by Crippen LogP contribution is 2.22. The molecule has 0 saturated heterocycles. The molecule has 16 heavy (non-hydrogen) atoms. The molecule has 0 spiro atoms. The van der Waals surface area contributed by atoms with Crippen LogP contribution in [0.3, 0.4) is 0 Å². The molecule has 1 unspecified atom stereocenters. The van der Waals surface area contributed by atoms with E-state index in [-0.39, 0.29) is 6.61 Å². The molecule has 1 heterocycles. The highest BCUT2D eigenvalue weighted by molar-refractivity contribution is 9.10. The van der Waals surface area contributed by atoms with E-state index in [0.717, 1.165) is 21.1 Å². The van der Waals surface area contributed by atoms with Crippen molar-refractivity contribution < 1.29 is 5.11 Å². The van der Waals surface area contributed by atoms with Crippen LogP contribution in [-0.2, 0) is 6.42 Å². The summed E-state index contributed by atoms with van der Waals surface area (Å²) >= 11 is 3.44. The van der Waals surface area contributed by atoms with Crippen molar-refractivity contribution >= 4 is 26.8 Å². The molecule has 86 valence electrons. The quantitative estimate of drug-likeness (QED) is 0.808. The first-order valence-electron chi connectivity index (χ1n) is 5.17. The Balaban J connectivity index is 2.33. The van der Waals surface area contributed by atoms with Gasteiger partial charge in [0.1, 0.15) is 0 Å². The molecule has 0 aliphatic heterocycles. The molecule has 0 aliphatic rings. The molecule has 0 amide bonds. The second-order valence-electron chi connectivity index (χ2n) is 4.52. The van der Waals surface area contributed by atoms with Gasteiger partial charge in [-0.15, -0.1) is 0 Å². The van der Waals surface area contributed by atoms with Crippen molar-refractivity contribution in [1.29, 1.82) is 0 Å². The zero-order valence-corrected chi connectivity index (χ0v) is 10.7. The summed E-state index contributed by atoms with van der Waals surface area (Å²) < 4.78 is 1.06. The average molecular weight is 283 g/mol. The standard InChI is InChI=1S/C12H15BrN2O/c1-12(14,7-16)6-10-5-8-4-9(13)2-3-11(8)15-10/h2-5,15-16H,6-7,14H2,1H3. The third-order valence-electron chi connectivity index (χ3n) is 2.59. The number of fused-ring (bicyclic) bond motifs is 1. The van der Waals surface area contributed by atoms with Gasteiger partial charge in [0, 0.05) is 33.0 Å². The largest absolute Gasteiger partial charge is 0.394 e. The van der Waals surface area contributed by atoms with Crippen LogP contribution in [0.4, 0.5) is 0 Å². The van der Waals surface area contributed by atoms with Crippen LogP contribution >= 0.6 is 15.9 Å². The Kier molecular flexibility index (Phi) is 3.06. The average Bonchev–Trinajstić information content (AvgIpc) is 2.58. The summed E-state index contributed by atoms with van der Waals surface area (Å²) in [7, 11) is 0. The van der Waals surface area contributed by atoms with E-state index in [4.69, 9.17) is 10.8 Å². The third-order valence-corrected chi connectivity index (χ3v) is 3.09. The normalized spacial score (nSPS) is 15.2. The van der Waals surface area contributed by atoms with Gasteiger partial charge in [0.15, 0.2) is 0 Å². The summed E-state index contributed by atoms with van der Waals surface area (Å²) in [6, 6.07) is 8.15. The lowest BCUT2D eigenvalue weighted by Gasteiger charge is -2.20. The molecular formula is C12H15BrN2O. The predicted octanol–water partition coefficient (Wildman–Crippen LogP) is 2.18. The van der Waals surface area contributed by atoms with Gasteiger partial charge in [-0.2, -0.15) is 0 Å².